The molecule has 0 radical (unpaired) electrons. The van der Waals surface area contributed by atoms with E-state index in [0.29, 0.717) is 6.42 Å². The maximum atomic E-state index is 10.8. The van der Waals surface area contributed by atoms with Crippen molar-refractivity contribution in [3.63, 3.8) is 0 Å². The molecule has 1 atom stereocenters. The number of nitrogens with zero attached hydrogens (tertiary/aromatic N) is 3. The highest BCUT2D eigenvalue weighted by atomic mass is 32.1. The molecule has 5 nitrogen and oxygen atoms in total. The average Bonchev–Trinajstić information content (AvgIpc) is 3.48. The van der Waals surface area contributed by atoms with Gasteiger partial charge in [0.2, 0.25) is 0 Å². The molecule has 6 heteroatoms. The van der Waals surface area contributed by atoms with Gasteiger partial charge in [0.05, 0.1) is 10.9 Å². The lowest BCUT2D eigenvalue weighted by molar-refractivity contribution is -0.107. The van der Waals surface area contributed by atoms with Crippen molar-refractivity contribution in [3.05, 3.63) is 95.2 Å². The van der Waals surface area contributed by atoms with Gasteiger partial charge in [-0.05, 0) is 65.9 Å². The number of aldehydes is 1. The summed E-state index contributed by atoms with van der Waals surface area (Å²) in [5, 5.41) is 3.55. The van der Waals surface area contributed by atoms with Crippen LogP contribution < -0.4 is 10.2 Å². The van der Waals surface area contributed by atoms with Crippen molar-refractivity contribution in [2.75, 3.05) is 31.4 Å². The quantitative estimate of drug-likeness (QED) is 0.200. The Kier molecular flexibility index (Phi) is 13.4. The Morgan fingerprint density at radius 3 is 2.12 bits per heavy atom. The van der Waals surface area contributed by atoms with Crippen LogP contribution in [0.4, 0.5) is 11.4 Å². The molecule has 0 aliphatic carbocycles. The Balaban J connectivity index is 0.00000134. The molecule has 0 saturated heterocycles. The fourth-order valence-corrected chi connectivity index (χ4v) is 5.58. The van der Waals surface area contributed by atoms with E-state index < -0.39 is 0 Å². The van der Waals surface area contributed by atoms with Gasteiger partial charge >= 0.3 is 0 Å². The molecule has 3 aromatic rings. The molecule has 0 bridgehead atoms. The number of amidine groups is 1. The maximum Gasteiger partial charge on any atom is 0.148 e. The largest absolute Gasteiger partial charge is 0.378 e. The summed E-state index contributed by atoms with van der Waals surface area (Å²) >= 11 is 1.76. The summed E-state index contributed by atoms with van der Waals surface area (Å²) in [7, 11) is 6.24. The van der Waals surface area contributed by atoms with Crippen LogP contribution in [-0.4, -0.2) is 44.2 Å². The van der Waals surface area contributed by atoms with Gasteiger partial charge in [-0.25, -0.2) is 4.99 Å². The molecule has 1 aliphatic heterocycles. The van der Waals surface area contributed by atoms with Crippen LogP contribution in [0.1, 0.15) is 57.9 Å². The summed E-state index contributed by atoms with van der Waals surface area (Å²) in [5.74, 6) is 1.85. The first-order valence-corrected chi connectivity index (χ1v) is 15.1. The fraction of sp³-hybridized carbons (Fsp3) is 0.353. The number of hydrogen-bond donors (Lipinski definition) is 1. The summed E-state index contributed by atoms with van der Waals surface area (Å²) in [4.78, 5) is 22.7. The van der Waals surface area contributed by atoms with Gasteiger partial charge in [-0.3, -0.25) is 0 Å². The van der Waals surface area contributed by atoms with Gasteiger partial charge in [-0.1, -0.05) is 65.0 Å². The lowest BCUT2D eigenvalue weighted by atomic mass is 9.97. The zero-order valence-corrected chi connectivity index (χ0v) is 26.3. The second kappa shape index (κ2) is 16.5. The topological polar surface area (TPSA) is 47.9 Å². The van der Waals surface area contributed by atoms with Crippen LogP contribution in [0.25, 0.3) is 10.4 Å². The van der Waals surface area contributed by atoms with E-state index in [1.807, 2.05) is 58.0 Å². The predicted molar refractivity (Wildman–Crippen MR) is 177 cm³/mol. The van der Waals surface area contributed by atoms with Gasteiger partial charge in [0.15, 0.2) is 0 Å². The Morgan fingerprint density at radius 2 is 1.57 bits per heavy atom. The van der Waals surface area contributed by atoms with Crippen molar-refractivity contribution in [3.8, 4) is 10.4 Å². The highest BCUT2D eigenvalue weighted by Crippen LogP contribution is 2.34. The van der Waals surface area contributed by atoms with Crippen LogP contribution in [0.5, 0.6) is 0 Å². The molecule has 4 rings (SSSR count). The van der Waals surface area contributed by atoms with Crippen molar-refractivity contribution in [1.29, 1.82) is 0 Å². The number of thiophene rings is 1. The second-order valence-electron chi connectivity index (χ2n) is 9.13. The first-order valence-electron chi connectivity index (χ1n) is 14.3. The molecule has 0 spiro atoms. The molecule has 1 aromatic heterocycles. The standard InChI is InChI=1S/C30H34N4OS.2C2H6/c1-6-8-25-26(7-2)34(5)30(32-29(25)31-23-13-9-21(10-14-23)19-20-35)28-18-17-27(36-28)22-11-15-24(16-12-22)33(3)4;2*1-2/h6,9-18,20,26,31H,1,7-8,19H2,2-5H3;2*1-2H3. The van der Waals surface area contributed by atoms with Crippen molar-refractivity contribution in [2.24, 2.45) is 4.99 Å². The fourth-order valence-electron chi connectivity index (χ4n) is 4.54. The lowest BCUT2D eigenvalue weighted by Crippen LogP contribution is -2.42. The zero-order chi connectivity index (χ0) is 29.7. The minimum atomic E-state index is 0.220. The zero-order valence-electron chi connectivity index (χ0n) is 25.5. The monoisotopic (exact) mass is 558 g/mol. The van der Waals surface area contributed by atoms with Crippen LogP contribution in [0.15, 0.2) is 89.7 Å². The average molecular weight is 559 g/mol. The SMILES string of the molecule is C=CCC1=C(Nc2ccc(CC=O)cc2)N=C(c2ccc(-c3ccc(N(C)C)cc3)s2)N(C)C1CC.CC.CC. The molecular weight excluding hydrogens is 512 g/mol. The van der Waals surface area contributed by atoms with Gasteiger partial charge in [0.25, 0.3) is 0 Å². The van der Waals surface area contributed by atoms with Crippen molar-refractivity contribution in [1.82, 2.24) is 4.90 Å². The van der Waals surface area contributed by atoms with Gasteiger partial charge in [0, 0.05) is 43.8 Å². The molecule has 0 amide bonds. The van der Waals surface area contributed by atoms with E-state index in [1.54, 1.807) is 11.3 Å². The number of anilines is 2. The lowest BCUT2D eigenvalue weighted by Gasteiger charge is -2.36. The third-order valence-corrected chi connectivity index (χ3v) is 7.64. The summed E-state index contributed by atoms with van der Waals surface area (Å²) in [6.45, 7) is 14.2. The number of carbonyl (C=O) groups excluding carboxylic acids is 1. The molecule has 2 aromatic carbocycles. The molecule has 1 N–H and O–H groups in total. The normalized spacial score (nSPS) is 14.2. The highest BCUT2D eigenvalue weighted by molar-refractivity contribution is 7.17. The van der Waals surface area contributed by atoms with E-state index in [4.69, 9.17) is 4.99 Å². The number of rotatable bonds is 10. The molecule has 1 aliphatic rings. The van der Waals surface area contributed by atoms with E-state index in [-0.39, 0.29) is 6.04 Å². The summed E-state index contributed by atoms with van der Waals surface area (Å²) in [6.07, 6.45) is 5.03. The summed E-state index contributed by atoms with van der Waals surface area (Å²) < 4.78 is 0. The van der Waals surface area contributed by atoms with Crippen molar-refractivity contribution in [2.45, 2.75) is 59.9 Å². The van der Waals surface area contributed by atoms with E-state index in [1.165, 1.54) is 21.7 Å². The van der Waals surface area contributed by atoms with Gasteiger partial charge in [0.1, 0.15) is 17.9 Å². The number of benzene rings is 2. The Labute approximate surface area is 246 Å². The number of aliphatic imine (C=N–C) groups is 1. The van der Waals surface area contributed by atoms with Gasteiger partial charge < -0.3 is 19.9 Å². The first kappa shape index (κ1) is 32.6. The van der Waals surface area contributed by atoms with Gasteiger partial charge in [-0.15, -0.1) is 17.9 Å². The number of allylic oxidation sites excluding steroid dienone is 1. The first-order chi connectivity index (χ1) is 19.4. The van der Waals surface area contributed by atoms with E-state index in [9.17, 15) is 4.79 Å². The highest BCUT2D eigenvalue weighted by Gasteiger charge is 2.29. The van der Waals surface area contributed by atoms with Crippen molar-refractivity contribution < 1.29 is 4.79 Å². The molecule has 1 unspecified atom stereocenters. The van der Waals surface area contributed by atoms with E-state index in [2.05, 4.69) is 86.2 Å². The molecule has 40 heavy (non-hydrogen) atoms. The molecular formula is C34H46N4OS. The smallest absolute Gasteiger partial charge is 0.148 e. The Hall–Kier alpha value is -3.64. The maximum absolute atomic E-state index is 10.8. The number of hydrogen-bond acceptors (Lipinski definition) is 6. The van der Waals surface area contributed by atoms with Crippen LogP contribution in [0.3, 0.4) is 0 Å². The van der Waals surface area contributed by atoms with Crippen molar-refractivity contribution >= 4 is 34.8 Å². The molecule has 0 saturated carbocycles. The Morgan fingerprint density at radius 1 is 0.950 bits per heavy atom. The van der Waals surface area contributed by atoms with Crippen LogP contribution in [-0.2, 0) is 11.2 Å². The summed E-state index contributed by atoms with van der Waals surface area (Å²) in [6, 6.07) is 21.2. The van der Waals surface area contributed by atoms with E-state index >= 15 is 0 Å². The minimum Gasteiger partial charge on any atom is -0.378 e. The van der Waals surface area contributed by atoms with E-state index in [0.717, 1.165) is 46.9 Å². The third kappa shape index (κ3) is 7.95. The van der Waals surface area contributed by atoms with Crippen LogP contribution >= 0.6 is 11.3 Å². The number of likely N-dealkylation sites (N-methyl/N-ethyl adjacent to an activating group) is 1. The van der Waals surface area contributed by atoms with Crippen LogP contribution in [0, 0.1) is 0 Å². The van der Waals surface area contributed by atoms with Gasteiger partial charge in [-0.2, -0.15) is 0 Å². The Bertz CT molecular complexity index is 1270. The molecule has 0 fully saturated rings. The predicted octanol–water partition coefficient (Wildman–Crippen LogP) is 8.65. The third-order valence-electron chi connectivity index (χ3n) is 6.51. The molecule has 214 valence electrons. The molecule has 2 heterocycles. The second-order valence-corrected chi connectivity index (χ2v) is 10.2. The minimum absolute atomic E-state index is 0.220. The number of nitrogens with one attached hydrogen (secondary N) is 1. The summed E-state index contributed by atoms with van der Waals surface area (Å²) in [5.41, 5.74) is 5.58. The number of carbonyl (C=O) groups is 1. The van der Waals surface area contributed by atoms with Crippen LogP contribution in [0.2, 0.25) is 0 Å².